The molecule has 0 aliphatic carbocycles. The van der Waals surface area contributed by atoms with Crippen LogP contribution in [-0.4, -0.2) is 30.9 Å². The second-order valence-electron chi connectivity index (χ2n) is 6.01. The van der Waals surface area contributed by atoms with Crippen LogP contribution < -0.4 is 10.9 Å². The van der Waals surface area contributed by atoms with Crippen molar-refractivity contribution in [1.82, 2.24) is 9.97 Å². The van der Waals surface area contributed by atoms with Crippen molar-refractivity contribution >= 4 is 32.7 Å². The van der Waals surface area contributed by atoms with Crippen LogP contribution in [0, 0.1) is 6.92 Å². The Bertz CT molecular complexity index is 1250. The minimum atomic E-state index is -4.03. The summed E-state index contributed by atoms with van der Waals surface area (Å²) in [7, 11) is -4.03. The van der Waals surface area contributed by atoms with Crippen molar-refractivity contribution in [1.29, 1.82) is 0 Å². The van der Waals surface area contributed by atoms with Crippen LogP contribution in [0.1, 0.15) is 11.1 Å². The van der Waals surface area contributed by atoms with Gasteiger partial charge < -0.3 is 5.73 Å². The highest BCUT2D eigenvalue weighted by Gasteiger charge is 2.26. The van der Waals surface area contributed by atoms with Crippen molar-refractivity contribution in [2.45, 2.75) is 11.8 Å². The molecule has 1 aliphatic rings. The van der Waals surface area contributed by atoms with Crippen LogP contribution >= 0.6 is 0 Å². The summed E-state index contributed by atoms with van der Waals surface area (Å²) in [5.74, 6) is 0.383. The van der Waals surface area contributed by atoms with E-state index in [9.17, 15) is 8.42 Å². The predicted octanol–water partition coefficient (Wildman–Crippen LogP) is 2.00. The number of benzene rings is 2. The zero-order valence-corrected chi connectivity index (χ0v) is 15.1. The first kappa shape index (κ1) is 17.2. The van der Waals surface area contributed by atoms with Crippen molar-refractivity contribution in [3.05, 3.63) is 47.7 Å². The average molecular weight is 381 g/mol. The first-order valence-corrected chi connectivity index (χ1v) is 9.51. The molecule has 0 fully saturated rings. The summed E-state index contributed by atoms with van der Waals surface area (Å²) in [5.41, 5.74) is 8.46. The van der Waals surface area contributed by atoms with Crippen LogP contribution in [0.4, 0.5) is 5.95 Å². The molecule has 4 rings (SSSR count). The fourth-order valence-electron chi connectivity index (χ4n) is 3.16. The van der Waals surface area contributed by atoms with Gasteiger partial charge in [0.15, 0.2) is 12.5 Å². The first-order chi connectivity index (χ1) is 12.9. The van der Waals surface area contributed by atoms with E-state index in [0.29, 0.717) is 27.6 Å². The van der Waals surface area contributed by atoms with Gasteiger partial charge in [-0.2, -0.15) is 5.11 Å². The molecule has 1 aromatic heterocycles. The normalized spacial score (nSPS) is 13.9. The highest BCUT2D eigenvalue weighted by molar-refractivity contribution is 7.89. The number of sulfonamides is 1. The number of aryl methyl sites for hydroxylation is 1. The van der Waals surface area contributed by atoms with E-state index in [4.69, 9.17) is 10.9 Å². The molecule has 4 N–H and O–H groups in total. The zero-order chi connectivity index (χ0) is 19.2. The minimum absolute atomic E-state index is 0.0204. The van der Waals surface area contributed by atoms with E-state index in [1.165, 1.54) is 0 Å². The summed E-state index contributed by atoms with van der Waals surface area (Å²) >= 11 is 0. The summed E-state index contributed by atoms with van der Waals surface area (Å²) in [6, 6.07) is 8.96. The summed E-state index contributed by atoms with van der Waals surface area (Å²) in [6.07, 6.45) is 1.60. The lowest BCUT2D eigenvalue weighted by Crippen LogP contribution is -2.18. The quantitative estimate of drug-likeness (QED) is 0.711. The van der Waals surface area contributed by atoms with E-state index < -0.39 is 10.0 Å². The van der Waals surface area contributed by atoms with Crippen molar-refractivity contribution in [2.24, 2.45) is 20.4 Å². The van der Waals surface area contributed by atoms with Crippen LogP contribution in [0.15, 0.2) is 56.6 Å². The predicted molar refractivity (Wildman–Crippen MR) is 102 cm³/mol. The van der Waals surface area contributed by atoms with Gasteiger partial charge in [0.05, 0.1) is 10.4 Å². The molecule has 10 heteroatoms. The molecule has 0 radical (unpaired) electrons. The van der Waals surface area contributed by atoms with Crippen molar-refractivity contribution < 1.29 is 8.42 Å². The van der Waals surface area contributed by atoms with Gasteiger partial charge in [-0.05, 0) is 29.7 Å². The van der Waals surface area contributed by atoms with E-state index >= 15 is 0 Å². The molecule has 0 spiro atoms. The summed E-state index contributed by atoms with van der Waals surface area (Å²) in [5, 5.41) is 14.1. The molecule has 0 unspecified atom stereocenters. The maximum atomic E-state index is 12.3. The van der Waals surface area contributed by atoms with Gasteiger partial charge in [-0.1, -0.05) is 24.3 Å². The molecule has 136 valence electrons. The summed E-state index contributed by atoms with van der Waals surface area (Å²) < 4.78 is 24.7. The summed E-state index contributed by atoms with van der Waals surface area (Å²) in [4.78, 5) is 12.5. The number of primary sulfonamides is 1. The van der Waals surface area contributed by atoms with Crippen molar-refractivity contribution in [3.63, 3.8) is 0 Å². The molecule has 0 amide bonds. The van der Waals surface area contributed by atoms with Crippen molar-refractivity contribution in [3.8, 4) is 11.1 Å². The number of fused-ring (bicyclic) bond motifs is 1. The van der Waals surface area contributed by atoms with E-state index in [2.05, 4.69) is 25.2 Å². The minimum Gasteiger partial charge on any atom is -0.368 e. The number of nitrogen functional groups attached to an aromatic ring is 1. The Labute approximate surface area is 154 Å². The number of nitrogens with two attached hydrogens (primary N) is 2. The largest absolute Gasteiger partial charge is 0.368 e. The molecular formula is C17H15N7O2S. The third-order valence-electron chi connectivity index (χ3n) is 4.25. The summed E-state index contributed by atoms with van der Waals surface area (Å²) in [6.45, 7) is 1.81. The Morgan fingerprint density at radius 3 is 2.63 bits per heavy atom. The topological polar surface area (TPSA) is 149 Å². The number of hydrogen-bond donors (Lipinski definition) is 2. The lowest BCUT2D eigenvalue weighted by molar-refractivity contribution is 0.597. The Balaban J connectivity index is 2.13. The van der Waals surface area contributed by atoms with Gasteiger partial charge in [-0.15, -0.1) is 5.11 Å². The van der Waals surface area contributed by atoms with E-state index in [1.807, 2.05) is 12.1 Å². The maximum Gasteiger partial charge on any atom is 0.239 e. The monoisotopic (exact) mass is 381 g/mol. The molecule has 1 aliphatic heterocycles. The number of anilines is 1. The SMILES string of the molecule is Cc1ccc(-c2cccc3nc(N)ncc23)c(C2=NCN=N2)c1S(N)(=O)=O. The van der Waals surface area contributed by atoms with Gasteiger partial charge in [-0.3, -0.25) is 0 Å². The lowest BCUT2D eigenvalue weighted by Gasteiger charge is -2.16. The van der Waals surface area contributed by atoms with E-state index in [-0.39, 0.29) is 23.3 Å². The second-order valence-corrected chi connectivity index (χ2v) is 7.51. The van der Waals surface area contributed by atoms with E-state index in [0.717, 1.165) is 5.56 Å². The average Bonchev–Trinajstić information content (AvgIpc) is 3.14. The van der Waals surface area contributed by atoms with Crippen LogP contribution in [0.25, 0.3) is 22.0 Å². The first-order valence-electron chi connectivity index (χ1n) is 7.96. The van der Waals surface area contributed by atoms with Crippen molar-refractivity contribution in [2.75, 3.05) is 12.4 Å². The Morgan fingerprint density at radius 1 is 1.11 bits per heavy atom. The fourth-order valence-corrected chi connectivity index (χ4v) is 4.16. The van der Waals surface area contributed by atoms with Crippen LogP contribution in [-0.2, 0) is 10.0 Å². The maximum absolute atomic E-state index is 12.3. The highest BCUT2D eigenvalue weighted by atomic mass is 32.2. The van der Waals surface area contributed by atoms with Gasteiger partial charge in [0.25, 0.3) is 0 Å². The van der Waals surface area contributed by atoms with Gasteiger partial charge in [-0.25, -0.2) is 28.5 Å². The van der Waals surface area contributed by atoms with Gasteiger partial charge in [0.1, 0.15) is 0 Å². The molecule has 27 heavy (non-hydrogen) atoms. The number of amidine groups is 1. The molecule has 9 nitrogen and oxygen atoms in total. The molecule has 0 saturated heterocycles. The van der Waals surface area contributed by atoms with Gasteiger partial charge in [0, 0.05) is 17.1 Å². The highest BCUT2D eigenvalue weighted by Crippen LogP contribution is 2.35. The molecule has 0 bridgehead atoms. The smallest absolute Gasteiger partial charge is 0.239 e. The number of aliphatic imine (C=N–C) groups is 1. The van der Waals surface area contributed by atoms with Crippen LogP contribution in [0.5, 0.6) is 0 Å². The van der Waals surface area contributed by atoms with Gasteiger partial charge >= 0.3 is 0 Å². The molecule has 0 atom stereocenters. The Kier molecular flexibility index (Phi) is 3.93. The standard InChI is InChI=1S/C17H15N7O2S/c1-9-5-6-11(10-3-2-4-13-12(10)7-20-17(18)23-13)14(15(9)27(19,25)26)16-21-8-22-24-16/h2-7H,8H2,1H3,(H2,18,20,23)(H2,19,25,26). The molecule has 2 aromatic carbocycles. The zero-order valence-electron chi connectivity index (χ0n) is 14.3. The number of aromatic nitrogens is 2. The molecule has 0 saturated carbocycles. The number of hydrogen-bond acceptors (Lipinski definition) is 8. The number of rotatable bonds is 3. The Hall–Kier alpha value is -3.24. The number of azo groups is 1. The number of nitrogens with zero attached hydrogens (tertiary/aromatic N) is 5. The fraction of sp³-hybridized carbons (Fsp3) is 0.118. The third-order valence-corrected chi connectivity index (χ3v) is 5.34. The Morgan fingerprint density at radius 2 is 1.93 bits per heavy atom. The van der Waals surface area contributed by atoms with E-state index in [1.54, 1.807) is 31.3 Å². The third kappa shape index (κ3) is 2.94. The van der Waals surface area contributed by atoms with Gasteiger partial charge in [0.2, 0.25) is 16.0 Å². The molecule has 2 heterocycles. The van der Waals surface area contributed by atoms with Crippen LogP contribution in [0.3, 0.4) is 0 Å². The molecular weight excluding hydrogens is 366 g/mol. The lowest BCUT2D eigenvalue weighted by atomic mass is 9.94. The van der Waals surface area contributed by atoms with Crippen LogP contribution in [0.2, 0.25) is 0 Å². The second kappa shape index (κ2) is 6.18. The molecule has 3 aromatic rings.